The van der Waals surface area contributed by atoms with E-state index in [2.05, 4.69) is 10.2 Å². The molecule has 2 heterocycles. The van der Waals surface area contributed by atoms with E-state index in [1.165, 1.54) is 6.20 Å². The van der Waals surface area contributed by atoms with Gasteiger partial charge in [0, 0.05) is 36.8 Å². The predicted octanol–water partition coefficient (Wildman–Crippen LogP) is 2.43. The second-order valence-electron chi connectivity index (χ2n) is 6.03. The normalized spacial score (nSPS) is 15.0. The fourth-order valence-corrected chi connectivity index (χ4v) is 3.09. The van der Waals surface area contributed by atoms with Gasteiger partial charge in [-0.25, -0.2) is 0 Å². The van der Waals surface area contributed by atoms with Crippen LogP contribution in [0.15, 0.2) is 36.5 Å². The van der Waals surface area contributed by atoms with Crippen LogP contribution in [0.25, 0.3) is 0 Å². The lowest BCUT2D eigenvalue weighted by Crippen LogP contribution is -2.37. The third-order valence-electron chi connectivity index (χ3n) is 4.17. The third kappa shape index (κ3) is 4.14. The Bertz CT molecular complexity index is 731. The summed E-state index contributed by atoms with van der Waals surface area (Å²) >= 11 is 5.97. The smallest absolute Gasteiger partial charge is 0.255 e. The van der Waals surface area contributed by atoms with E-state index in [0.29, 0.717) is 48.0 Å². The van der Waals surface area contributed by atoms with Crippen molar-refractivity contribution in [1.82, 2.24) is 20.0 Å². The van der Waals surface area contributed by atoms with Crippen molar-refractivity contribution in [2.75, 3.05) is 26.2 Å². The van der Waals surface area contributed by atoms with Gasteiger partial charge in [-0.05, 0) is 37.6 Å². The highest BCUT2D eigenvalue weighted by Crippen LogP contribution is 2.15. The number of carbonyl (C=O) groups is 2. The number of carbonyl (C=O) groups excluding carboxylic acids is 2. The summed E-state index contributed by atoms with van der Waals surface area (Å²) in [6.45, 7) is 4.01. The first kappa shape index (κ1) is 17.4. The average Bonchev–Trinajstić information content (AvgIpc) is 2.86. The second-order valence-corrected chi connectivity index (χ2v) is 6.47. The van der Waals surface area contributed by atoms with E-state index in [1.807, 2.05) is 0 Å². The Morgan fingerprint density at radius 3 is 2.32 bits per heavy atom. The van der Waals surface area contributed by atoms with E-state index >= 15 is 0 Å². The lowest BCUT2D eigenvalue weighted by Gasteiger charge is -2.22. The molecule has 130 valence electrons. The molecule has 0 N–H and O–H groups in total. The monoisotopic (exact) mass is 358 g/mol. The molecule has 0 radical (unpaired) electrons. The lowest BCUT2D eigenvalue weighted by atomic mass is 10.2. The van der Waals surface area contributed by atoms with Crippen LogP contribution in [-0.4, -0.2) is 58.0 Å². The largest absolute Gasteiger partial charge is 0.337 e. The molecule has 3 rings (SSSR count). The molecule has 0 aliphatic carbocycles. The molecule has 1 aromatic carbocycles. The summed E-state index contributed by atoms with van der Waals surface area (Å²) in [5.41, 5.74) is 1.81. The van der Waals surface area contributed by atoms with Crippen LogP contribution in [0.3, 0.4) is 0 Å². The molecule has 1 fully saturated rings. The molecule has 6 nitrogen and oxygen atoms in total. The highest BCUT2D eigenvalue weighted by Gasteiger charge is 2.24. The minimum Gasteiger partial charge on any atom is -0.337 e. The Hall–Kier alpha value is -2.47. The van der Waals surface area contributed by atoms with E-state index in [4.69, 9.17) is 11.6 Å². The lowest BCUT2D eigenvalue weighted by molar-refractivity contribution is 0.0718. The number of hydrogen-bond acceptors (Lipinski definition) is 4. The third-order valence-corrected chi connectivity index (χ3v) is 4.40. The van der Waals surface area contributed by atoms with E-state index < -0.39 is 0 Å². The van der Waals surface area contributed by atoms with Crippen molar-refractivity contribution < 1.29 is 9.59 Å². The van der Waals surface area contributed by atoms with Crippen LogP contribution in [0.4, 0.5) is 0 Å². The van der Waals surface area contributed by atoms with Crippen molar-refractivity contribution >= 4 is 23.4 Å². The van der Waals surface area contributed by atoms with Gasteiger partial charge < -0.3 is 9.80 Å². The maximum atomic E-state index is 12.6. The minimum atomic E-state index is -0.0740. The van der Waals surface area contributed by atoms with Gasteiger partial charge >= 0.3 is 0 Å². The van der Waals surface area contributed by atoms with Crippen LogP contribution in [0.1, 0.15) is 32.8 Å². The first-order valence-corrected chi connectivity index (χ1v) is 8.56. The van der Waals surface area contributed by atoms with Crippen LogP contribution in [0.5, 0.6) is 0 Å². The summed E-state index contributed by atoms with van der Waals surface area (Å²) in [5, 5.41) is 8.26. The van der Waals surface area contributed by atoms with Gasteiger partial charge in [-0.2, -0.15) is 10.2 Å². The van der Waals surface area contributed by atoms with Crippen LogP contribution >= 0.6 is 11.6 Å². The number of hydrogen-bond donors (Lipinski definition) is 0. The van der Waals surface area contributed by atoms with Crippen molar-refractivity contribution in [2.45, 2.75) is 13.3 Å². The SMILES string of the molecule is Cc1cc(C(=O)N2CCCN(C(=O)c3cccc(Cl)c3)CC2)cnn1. The number of aromatic nitrogens is 2. The molecule has 0 saturated carbocycles. The fourth-order valence-electron chi connectivity index (χ4n) is 2.90. The zero-order valence-corrected chi connectivity index (χ0v) is 14.7. The standard InChI is InChI=1S/C18H19ClN4O2/c1-13-10-15(12-20-21-13)18(25)23-7-3-6-22(8-9-23)17(24)14-4-2-5-16(19)11-14/h2,4-5,10-12H,3,6-9H2,1H3. The predicted molar refractivity (Wildman–Crippen MR) is 94.6 cm³/mol. The summed E-state index contributed by atoms with van der Waals surface area (Å²) in [5.74, 6) is -0.131. The van der Waals surface area contributed by atoms with Crippen LogP contribution in [0, 0.1) is 6.92 Å². The molecule has 0 bridgehead atoms. The summed E-state index contributed by atoms with van der Waals surface area (Å²) in [7, 11) is 0. The van der Waals surface area contributed by atoms with Crippen LogP contribution in [0.2, 0.25) is 5.02 Å². The van der Waals surface area contributed by atoms with E-state index in [0.717, 1.165) is 6.42 Å². The van der Waals surface area contributed by atoms with E-state index in [-0.39, 0.29) is 11.8 Å². The number of amides is 2. The van der Waals surface area contributed by atoms with Crippen molar-refractivity contribution in [3.05, 3.63) is 58.4 Å². The Morgan fingerprint density at radius 2 is 1.68 bits per heavy atom. The highest BCUT2D eigenvalue weighted by molar-refractivity contribution is 6.30. The van der Waals surface area contributed by atoms with Crippen molar-refractivity contribution in [2.24, 2.45) is 0 Å². The van der Waals surface area contributed by atoms with Gasteiger partial charge in [-0.3, -0.25) is 9.59 Å². The summed E-state index contributed by atoms with van der Waals surface area (Å²) < 4.78 is 0. The number of nitrogens with zero attached hydrogens (tertiary/aromatic N) is 4. The number of aryl methyl sites for hydroxylation is 1. The number of benzene rings is 1. The molecule has 0 atom stereocenters. The molecule has 1 aliphatic rings. The van der Waals surface area contributed by atoms with Gasteiger partial charge in [0.2, 0.25) is 0 Å². The molecule has 1 aliphatic heterocycles. The fraction of sp³-hybridized carbons (Fsp3) is 0.333. The molecule has 2 aromatic rings. The van der Waals surface area contributed by atoms with Crippen LogP contribution in [-0.2, 0) is 0 Å². The van der Waals surface area contributed by atoms with Crippen molar-refractivity contribution in [3.8, 4) is 0 Å². The van der Waals surface area contributed by atoms with Crippen molar-refractivity contribution in [3.63, 3.8) is 0 Å². The first-order valence-electron chi connectivity index (χ1n) is 8.18. The average molecular weight is 359 g/mol. The molecular weight excluding hydrogens is 340 g/mol. The second kappa shape index (κ2) is 7.61. The van der Waals surface area contributed by atoms with Gasteiger partial charge in [0.25, 0.3) is 11.8 Å². The Balaban J connectivity index is 1.68. The molecular formula is C18H19ClN4O2. The highest BCUT2D eigenvalue weighted by atomic mass is 35.5. The topological polar surface area (TPSA) is 66.4 Å². The van der Waals surface area contributed by atoms with Gasteiger partial charge in [-0.15, -0.1) is 0 Å². The van der Waals surface area contributed by atoms with E-state index in [1.54, 1.807) is 47.1 Å². The molecule has 7 heteroatoms. The van der Waals surface area contributed by atoms with E-state index in [9.17, 15) is 9.59 Å². The molecule has 2 amide bonds. The Morgan fingerprint density at radius 1 is 1.00 bits per heavy atom. The van der Waals surface area contributed by atoms with Crippen molar-refractivity contribution in [1.29, 1.82) is 0 Å². The summed E-state index contributed by atoms with van der Waals surface area (Å²) in [6, 6.07) is 8.67. The van der Waals surface area contributed by atoms with Gasteiger partial charge in [0.05, 0.1) is 17.5 Å². The molecule has 1 saturated heterocycles. The van der Waals surface area contributed by atoms with Crippen LogP contribution < -0.4 is 0 Å². The van der Waals surface area contributed by atoms with Gasteiger partial charge in [0.15, 0.2) is 0 Å². The van der Waals surface area contributed by atoms with Gasteiger partial charge in [-0.1, -0.05) is 17.7 Å². The quantitative estimate of drug-likeness (QED) is 0.827. The maximum absolute atomic E-state index is 12.6. The zero-order chi connectivity index (χ0) is 17.8. The Kier molecular flexibility index (Phi) is 5.28. The van der Waals surface area contributed by atoms with Gasteiger partial charge in [0.1, 0.15) is 0 Å². The summed E-state index contributed by atoms with van der Waals surface area (Å²) in [4.78, 5) is 28.8. The molecule has 0 unspecified atom stereocenters. The minimum absolute atomic E-state index is 0.0572. The molecule has 25 heavy (non-hydrogen) atoms. The first-order chi connectivity index (χ1) is 12.0. The Labute approximate surface area is 151 Å². The maximum Gasteiger partial charge on any atom is 0.255 e. The molecule has 1 aromatic heterocycles. The molecule has 0 spiro atoms. The number of rotatable bonds is 2. The number of halogens is 1. The zero-order valence-electron chi connectivity index (χ0n) is 14.0. The summed E-state index contributed by atoms with van der Waals surface area (Å²) in [6.07, 6.45) is 2.21.